The molecule has 0 heterocycles. The quantitative estimate of drug-likeness (QED) is 0.660. The topological polar surface area (TPSA) is 12.0 Å². The predicted molar refractivity (Wildman–Crippen MR) is 53.2 cm³/mol. The summed E-state index contributed by atoms with van der Waals surface area (Å²) in [5.41, 5.74) is 0. The van der Waals surface area contributed by atoms with Gasteiger partial charge in [-0.2, -0.15) is 11.8 Å². The molecule has 0 saturated heterocycles. The first-order valence-corrected chi connectivity index (χ1v) is 5.94. The van der Waals surface area contributed by atoms with E-state index in [9.17, 15) is 0 Å². The van der Waals surface area contributed by atoms with E-state index >= 15 is 0 Å². The number of rotatable bonds is 6. The van der Waals surface area contributed by atoms with Crippen molar-refractivity contribution in [3.05, 3.63) is 0 Å². The third-order valence-corrected chi connectivity index (χ3v) is 2.79. The van der Waals surface area contributed by atoms with Crippen molar-refractivity contribution >= 4 is 11.8 Å². The van der Waals surface area contributed by atoms with Crippen molar-refractivity contribution in [2.75, 3.05) is 18.6 Å². The van der Waals surface area contributed by atoms with Crippen molar-refractivity contribution in [1.29, 1.82) is 0 Å². The highest BCUT2D eigenvalue weighted by Crippen LogP contribution is 2.19. The Morgan fingerprint density at radius 3 is 2.82 bits per heavy atom. The fourth-order valence-corrected chi connectivity index (χ4v) is 1.71. The zero-order valence-corrected chi connectivity index (χ0v) is 8.41. The summed E-state index contributed by atoms with van der Waals surface area (Å²) in [5, 5.41) is 3.56. The monoisotopic (exact) mass is 173 g/mol. The van der Waals surface area contributed by atoms with Crippen LogP contribution in [0.5, 0.6) is 0 Å². The lowest BCUT2D eigenvalue weighted by molar-refractivity contribution is 0.501. The van der Waals surface area contributed by atoms with Crippen molar-refractivity contribution in [2.45, 2.75) is 32.2 Å². The Bertz CT molecular complexity index is 102. The van der Waals surface area contributed by atoms with E-state index in [0.29, 0.717) is 0 Å². The molecule has 0 aromatic carbocycles. The minimum absolute atomic E-state index is 0.864. The molecule has 1 aliphatic carbocycles. The van der Waals surface area contributed by atoms with Crippen LogP contribution in [0.2, 0.25) is 0 Å². The number of nitrogens with one attached hydrogen (secondary N) is 1. The predicted octanol–water partition coefficient (Wildman–Crippen LogP) is 2.13. The summed E-state index contributed by atoms with van der Waals surface area (Å²) in [5.74, 6) is 2.18. The average Bonchev–Trinajstić information content (AvgIpc) is 2.80. The van der Waals surface area contributed by atoms with Crippen molar-refractivity contribution in [1.82, 2.24) is 5.32 Å². The van der Waals surface area contributed by atoms with Gasteiger partial charge in [-0.1, -0.05) is 6.92 Å². The molecule has 1 N–H and O–H groups in total. The molecule has 1 nitrogen and oxygen atoms in total. The van der Waals surface area contributed by atoms with Crippen LogP contribution in [0.25, 0.3) is 0 Å². The van der Waals surface area contributed by atoms with Crippen LogP contribution < -0.4 is 5.32 Å². The summed E-state index contributed by atoms with van der Waals surface area (Å²) in [6.45, 7) is 3.57. The Kier molecular flexibility index (Phi) is 4.31. The Morgan fingerprint density at radius 2 is 2.27 bits per heavy atom. The molecule has 1 saturated carbocycles. The Morgan fingerprint density at radius 1 is 1.55 bits per heavy atom. The van der Waals surface area contributed by atoms with Gasteiger partial charge in [0.2, 0.25) is 0 Å². The molecule has 1 unspecified atom stereocenters. The second-order valence-corrected chi connectivity index (χ2v) is 4.55. The molecule has 1 fully saturated rings. The minimum Gasteiger partial charge on any atom is -0.314 e. The largest absolute Gasteiger partial charge is 0.314 e. The lowest BCUT2D eigenvalue weighted by atomic mass is 10.1. The zero-order valence-electron chi connectivity index (χ0n) is 7.60. The first kappa shape index (κ1) is 9.40. The summed E-state index contributed by atoms with van der Waals surface area (Å²) in [6, 6.07) is 0.881. The average molecular weight is 173 g/mol. The van der Waals surface area contributed by atoms with Crippen LogP contribution in [0.4, 0.5) is 0 Å². The Hall–Kier alpha value is 0.310. The van der Waals surface area contributed by atoms with E-state index in [4.69, 9.17) is 0 Å². The number of hydrogen-bond acceptors (Lipinski definition) is 2. The van der Waals surface area contributed by atoms with Gasteiger partial charge in [-0.15, -0.1) is 0 Å². The highest BCUT2D eigenvalue weighted by atomic mass is 32.2. The van der Waals surface area contributed by atoms with Crippen molar-refractivity contribution in [2.24, 2.45) is 5.92 Å². The normalized spacial score (nSPS) is 20.2. The van der Waals surface area contributed by atoms with E-state index in [2.05, 4.69) is 18.5 Å². The van der Waals surface area contributed by atoms with Gasteiger partial charge in [0, 0.05) is 6.04 Å². The molecule has 0 aromatic heterocycles. The Labute approximate surface area is 74.3 Å². The van der Waals surface area contributed by atoms with E-state index in [0.717, 1.165) is 12.0 Å². The van der Waals surface area contributed by atoms with Gasteiger partial charge < -0.3 is 5.32 Å². The van der Waals surface area contributed by atoms with Gasteiger partial charge >= 0.3 is 0 Å². The standard InChI is InChI=1S/C9H19NS/c1-8(5-6-11-2)7-10-9-3-4-9/h8-10H,3-7H2,1-2H3. The Balaban J connectivity index is 1.87. The van der Waals surface area contributed by atoms with Gasteiger partial charge in [-0.3, -0.25) is 0 Å². The molecule has 0 aliphatic heterocycles. The molecule has 0 bridgehead atoms. The van der Waals surface area contributed by atoms with Gasteiger partial charge in [0.1, 0.15) is 0 Å². The third kappa shape index (κ3) is 4.70. The summed E-state index contributed by atoms with van der Waals surface area (Å²) < 4.78 is 0. The van der Waals surface area contributed by atoms with Crippen LogP contribution in [0.1, 0.15) is 26.2 Å². The fourth-order valence-electron chi connectivity index (χ4n) is 1.08. The summed E-state index contributed by atoms with van der Waals surface area (Å²) in [7, 11) is 0. The highest BCUT2D eigenvalue weighted by molar-refractivity contribution is 7.98. The molecular weight excluding hydrogens is 154 g/mol. The maximum absolute atomic E-state index is 3.56. The lowest BCUT2D eigenvalue weighted by Crippen LogP contribution is -2.23. The lowest BCUT2D eigenvalue weighted by Gasteiger charge is -2.10. The number of thioether (sulfide) groups is 1. The van der Waals surface area contributed by atoms with E-state index in [-0.39, 0.29) is 0 Å². The molecule has 0 amide bonds. The van der Waals surface area contributed by atoms with E-state index in [1.807, 2.05) is 11.8 Å². The first-order chi connectivity index (χ1) is 5.33. The van der Waals surface area contributed by atoms with Crippen molar-refractivity contribution in [3.8, 4) is 0 Å². The zero-order chi connectivity index (χ0) is 8.10. The SMILES string of the molecule is CSCCC(C)CNC1CC1. The molecule has 1 rings (SSSR count). The molecule has 2 heteroatoms. The second kappa shape index (κ2) is 5.04. The molecular formula is C9H19NS. The van der Waals surface area contributed by atoms with Gasteiger partial charge in [0.25, 0.3) is 0 Å². The van der Waals surface area contributed by atoms with Crippen molar-refractivity contribution < 1.29 is 0 Å². The van der Waals surface area contributed by atoms with Gasteiger partial charge in [-0.05, 0) is 43.7 Å². The summed E-state index contributed by atoms with van der Waals surface area (Å²) in [4.78, 5) is 0. The first-order valence-electron chi connectivity index (χ1n) is 4.55. The van der Waals surface area contributed by atoms with Gasteiger partial charge in [0.05, 0.1) is 0 Å². The van der Waals surface area contributed by atoms with E-state index in [1.165, 1.54) is 31.6 Å². The fraction of sp³-hybridized carbons (Fsp3) is 1.00. The van der Waals surface area contributed by atoms with Crippen LogP contribution in [-0.2, 0) is 0 Å². The van der Waals surface area contributed by atoms with Gasteiger partial charge in [-0.25, -0.2) is 0 Å². The highest BCUT2D eigenvalue weighted by Gasteiger charge is 2.20. The molecule has 1 aliphatic rings. The molecule has 0 radical (unpaired) electrons. The summed E-state index contributed by atoms with van der Waals surface area (Å²) in [6.07, 6.45) is 6.37. The molecule has 66 valence electrons. The maximum Gasteiger partial charge on any atom is 0.00683 e. The molecule has 0 spiro atoms. The molecule has 11 heavy (non-hydrogen) atoms. The van der Waals surface area contributed by atoms with Gasteiger partial charge in [0.15, 0.2) is 0 Å². The third-order valence-electron chi connectivity index (χ3n) is 2.15. The minimum atomic E-state index is 0.864. The van der Waals surface area contributed by atoms with E-state index < -0.39 is 0 Å². The molecule has 0 aromatic rings. The number of hydrogen-bond donors (Lipinski definition) is 1. The summed E-state index contributed by atoms with van der Waals surface area (Å²) >= 11 is 1.95. The molecule has 1 atom stereocenters. The smallest absolute Gasteiger partial charge is 0.00683 e. The van der Waals surface area contributed by atoms with Crippen LogP contribution in [0.3, 0.4) is 0 Å². The second-order valence-electron chi connectivity index (χ2n) is 3.57. The maximum atomic E-state index is 3.56. The van der Waals surface area contributed by atoms with Crippen LogP contribution in [0, 0.1) is 5.92 Å². The van der Waals surface area contributed by atoms with Crippen LogP contribution in [0.15, 0.2) is 0 Å². The van der Waals surface area contributed by atoms with E-state index in [1.54, 1.807) is 0 Å². The van der Waals surface area contributed by atoms with Crippen molar-refractivity contribution in [3.63, 3.8) is 0 Å². The van der Waals surface area contributed by atoms with Crippen LogP contribution >= 0.6 is 11.8 Å². The van der Waals surface area contributed by atoms with Crippen LogP contribution in [-0.4, -0.2) is 24.6 Å².